The number of fused-ring (bicyclic) bond motifs is 2. The first kappa shape index (κ1) is 40.7. The molecule has 2 unspecified atom stereocenters. The van der Waals surface area contributed by atoms with Gasteiger partial charge < -0.3 is 28.7 Å². The molecule has 2 atom stereocenters. The maximum Gasteiger partial charge on any atom is 0.416 e. The standard InChI is InChI=1S/2C37H40F4N4O2S/c1-4-43(5-2)18-19-44(22-26-6-10-28(11-7-26)29-12-14-30(15-13-29)37(39,40)41)34(46)23-45-33-21-25(3)20-32(33)35(47)42-36(45)48-24-27-8-16-31(38)17-9-27;1-4-43(5-2)21-22-44(25(3)27-11-13-28(14-12-27)29-15-17-30(18-16-29)37(39,40)41)34(46)23-45-33-8-6-7-32(33)35(47)42-36(45)48-24-26-9-19-31(38)20-10-26/h6-17,25H,4-5,18-24H2,1-3H3;9-20,25H,4-8,21-24H2,1-3H3/i4D2,5D2,6D,7D,8D,9D,10D,11D,12D,13D,14D,15D,16D,17D,20D2,21D2,22D2,23D2,25D;21D2,22D2,23D2,25D. The Hall–Kier alpha value is -7.92. The van der Waals surface area contributed by atoms with E-state index in [2.05, 4.69) is 9.97 Å². The Morgan fingerprint density at radius 1 is 0.615 bits per heavy atom. The van der Waals surface area contributed by atoms with E-state index in [4.69, 9.17) is 31.5 Å². The molecule has 0 saturated carbocycles. The largest absolute Gasteiger partial charge is 0.416 e. The molecule has 96 heavy (non-hydrogen) atoms. The van der Waals surface area contributed by atoms with Crippen LogP contribution in [0.5, 0.6) is 0 Å². The first-order valence-electron chi connectivity index (χ1n) is 45.1. The Balaban J connectivity index is 0.000000300. The van der Waals surface area contributed by atoms with Gasteiger partial charge in [-0.2, -0.15) is 36.3 Å². The van der Waals surface area contributed by atoms with Crippen molar-refractivity contribution in [2.45, 2.75) is 133 Å². The van der Waals surface area contributed by atoms with E-state index in [-0.39, 0.29) is 79.8 Å². The predicted molar refractivity (Wildman–Crippen MR) is 362 cm³/mol. The molecule has 2 heterocycles. The zero-order valence-electron chi connectivity index (χ0n) is 83.8. The Kier molecular flexibility index (Phi) is 13.9. The molecule has 0 bridgehead atoms. The topological polar surface area (TPSA) is 117 Å². The van der Waals surface area contributed by atoms with Crippen molar-refractivity contribution in [3.8, 4) is 22.3 Å². The van der Waals surface area contributed by atoms with E-state index in [9.17, 15) is 61.8 Å². The highest BCUT2D eigenvalue weighted by atomic mass is 32.2. The van der Waals surface area contributed by atoms with Crippen molar-refractivity contribution in [1.29, 1.82) is 0 Å². The number of halogens is 8. The van der Waals surface area contributed by atoms with E-state index < -0.39 is 258 Å². The highest BCUT2D eigenvalue weighted by Crippen LogP contribution is 2.35. The predicted octanol–water partition coefficient (Wildman–Crippen LogP) is 15.2. The Bertz CT molecular complexity index is 5700. The van der Waals surface area contributed by atoms with Gasteiger partial charge in [0.1, 0.15) is 24.6 Å². The van der Waals surface area contributed by atoms with Gasteiger partial charge in [-0.1, -0.05) is 155 Å². The summed E-state index contributed by atoms with van der Waals surface area (Å²) in [4.78, 5) is 66.5. The maximum absolute atomic E-state index is 15.3. The highest BCUT2D eigenvalue weighted by Gasteiger charge is 2.33. The van der Waals surface area contributed by atoms with Crippen molar-refractivity contribution in [3.05, 3.63) is 234 Å². The molecule has 2 aliphatic rings. The van der Waals surface area contributed by atoms with E-state index in [0.717, 1.165) is 54.1 Å². The van der Waals surface area contributed by atoms with Gasteiger partial charge in [-0.05, 0) is 164 Å². The van der Waals surface area contributed by atoms with Crippen LogP contribution in [-0.4, -0.2) is 103 Å². The van der Waals surface area contributed by atoms with Crippen LogP contribution in [0, 0.1) is 17.5 Å². The fraction of sp³-hybridized carbons (Fsp3) is 0.378. The van der Waals surface area contributed by atoms with Crippen LogP contribution in [0.25, 0.3) is 22.3 Å². The second-order valence-electron chi connectivity index (χ2n) is 20.6. The average molecular weight is 1390 g/mol. The van der Waals surface area contributed by atoms with Crippen LogP contribution in [0.15, 0.2) is 165 Å². The molecule has 0 aliphatic heterocycles. The molecule has 2 aromatic heterocycles. The van der Waals surface area contributed by atoms with E-state index in [1.54, 1.807) is 13.8 Å². The van der Waals surface area contributed by atoms with Crippen molar-refractivity contribution < 1.29 is 88.6 Å². The van der Waals surface area contributed by atoms with Crippen molar-refractivity contribution in [3.63, 3.8) is 0 Å². The number of hydrogen-bond donors (Lipinski definition) is 0. The summed E-state index contributed by atoms with van der Waals surface area (Å²) in [6.45, 7) is -19.3. The molecule has 0 radical (unpaired) electrons. The lowest BCUT2D eigenvalue weighted by molar-refractivity contribution is -0.138. The summed E-state index contributed by atoms with van der Waals surface area (Å²) < 4.78 is 390. The lowest BCUT2D eigenvalue weighted by atomic mass is 9.99. The number of alkyl halides is 6. The van der Waals surface area contributed by atoms with Gasteiger partial charge in [0, 0.05) is 81.7 Å². The van der Waals surface area contributed by atoms with Crippen molar-refractivity contribution in [2.24, 2.45) is 5.89 Å². The van der Waals surface area contributed by atoms with Crippen LogP contribution in [0.1, 0.15) is 154 Å². The van der Waals surface area contributed by atoms with Gasteiger partial charge >= 0.3 is 12.4 Å². The van der Waals surface area contributed by atoms with Crippen molar-refractivity contribution >= 4 is 35.3 Å². The summed E-state index contributed by atoms with van der Waals surface area (Å²) in [6, 6.07) is -4.00. The van der Waals surface area contributed by atoms with Crippen LogP contribution >= 0.6 is 23.5 Å². The number of aromatic nitrogens is 4. The van der Waals surface area contributed by atoms with Crippen LogP contribution in [0.2, 0.25) is 0 Å². The molecule has 2 aliphatic carbocycles. The normalized spacial score (nSPS) is 22.0. The monoisotopic (exact) mass is 1390 g/mol. The molecule has 0 N–H and O–H groups in total. The van der Waals surface area contributed by atoms with Gasteiger partial charge in [-0.3, -0.25) is 19.2 Å². The van der Waals surface area contributed by atoms with Crippen molar-refractivity contribution in [1.82, 2.24) is 38.7 Å². The molecule has 0 saturated heterocycles. The van der Waals surface area contributed by atoms with Gasteiger partial charge in [0.15, 0.2) is 10.3 Å². The molecule has 12 nitrogen and oxygen atoms in total. The van der Waals surface area contributed by atoms with Crippen LogP contribution in [0.4, 0.5) is 35.1 Å². The van der Waals surface area contributed by atoms with Gasteiger partial charge in [-0.25, -0.2) is 8.78 Å². The number of hydrogen-bond acceptors (Lipinski definition) is 10. The Morgan fingerprint density at radius 2 is 1.15 bits per heavy atom. The summed E-state index contributed by atoms with van der Waals surface area (Å²) >= 11 is 0.970. The van der Waals surface area contributed by atoms with Gasteiger partial charge in [0.2, 0.25) is 11.8 Å². The Morgan fingerprint density at radius 3 is 1.72 bits per heavy atom. The quantitative estimate of drug-likeness (QED) is 0.0295. The molecule has 508 valence electrons. The molecule has 22 heteroatoms. The molecule has 0 spiro atoms. The third-order valence-electron chi connectivity index (χ3n) is 14.3. The number of amides is 2. The average Bonchev–Trinajstić information content (AvgIpc) is 1.53. The molecule has 2 amide bonds. The molecule has 6 aromatic carbocycles. The molecule has 0 fully saturated rings. The number of nitrogens with zero attached hydrogens (tertiary/aromatic N) is 8. The summed E-state index contributed by atoms with van der Waals surface area (Å²) in [6.07, 6.45) is -16.1. The van der Waals surface area contributed by atoms with Gasteiger partial charge in [0.25, 0.3) is 11.1 Å². The summed E-state index contributed by atoms with van der Waals surface area (Å²) in [7, 11) is 0. The third kappa shape index (κ3) is 18.8. The van der Waals surface area contributed by atoms with Crippen molar-refractivity contribution in [2.75, 3.05) is 52.2 Å². The third-order valence-corrected chi connectivity index (χ3v) is 16.3. The fourth-order valence-corrected chi connectivity index (χ4v) is 11.0. The second kappa shape index (κ2) is 32.9. The Labute approximate surface area is 608 Å². The number of likely N-dealkylation sites (N-methyl/N-ethyl adjacent to an activating group) is 2. The van der Waals surface area contributed by atoms with Gasteiger partial charge in [0.05, 0.1) is 45.9 Å². The highest BCUT2D eigenvalue weighted by molar-refractivity contribution is 7.98. The minimum atomic E-state index is -5.48. The molecular formula is C74H80F8N8O4S2. The van der Waals surface area contributed by atoms with Crippen LogP contribution in [-0.2, 0) is 78.5 Å². The number of thioether (sulfide) groups is 2. The summed E-state index contributed by atoms with van der Waals surface area (Å²) in [5, 5.41) is -1.38. The smallest absolute Gasteiger partial charge is 0.336 e. The van der Waals surface area contributed by atoms with Gasteiger partial charge in [-0.15, -0.1) is 0 Å². The number of benzene rings is 6. The minimum Gasteiger partial charge on any atom is -0.336 e. The number of carbonyl (C=O) groups is 2. The first-order valence-corrected chi connectivity index (χ1v) is 31.1. The molecular weight excluding hydrogens is 1280 g/mol. The van der Waals surface area contributed by atoms with E-state index in [0.29, 0.717) is 34.9 Å². The summed E-state index contributed by atoms with van der Waals surface area (Å²) in [5.74, 6) is -9.96. The van der Waals surface area contributed by atoms with Crippen LogP contribution < -0.4 is 11.1 Å². The maximum atomic E-state index is 15.3. The van der Waals surface area contributed by atoms with E-state index in [1.807, 2.05) is 0 Å². The van der Waals surface area contributed by atoms with Crippen LogP contribution in [0.3, 0.4) is 0 Å². The fourth-order valence-electron chi connectivity index (χ4n) is 9.25. The summed E-state index contributed by atoms with van der Waals surface area (Å²) in [5.41, 5.74) is -10.9. The minimum absolute atomic E-state index is 0.00418. The van der Waals surface area contributed by atoms with E-state index in [1.165, 1.54) is 60.7 Å². The zero-order chi connectivity index (χ0) is 97.3. The SMILES string of the molecule is [2H]C(C)(c1ccc(-c2ccc(C(F)(F)F)cc2)cc1)N(C(=O)C([2H])([2H])n1c(SCc2ccc(F)cc2)nc(=O)c2c1CCC2)C([2H])([2H])C([2H])([2H])N(CC)CC.[2H]c1c([2H])c(CSc2nc(=O)c3c(n2C([2H])([2H])C(=O)N(CCN(C([2H])([2H])C)C([2H])([2H])C)C([2H])([2H])c2c([2H])c([2H])c(-c4c([2H])c([2H])c(C(F)(F)F)c([2H])c4[2H])c([2H])c2[2H])C([2H])([2H])C([2H])(C)C3([2H])[2H])c([2H])c([2H])c1F. The molecule has 8 aromatic rings. The number of rotatable bonds is 26. The lowest BCUT2D eigenvalue weighted by Gasteiger charge is -2.33. The van der Waals surface area contributed by atoms with E-state index >= 15 is 4.79 Å². The molecule has 10 rings (SSSR count). The number of carbonyl (C=O) groups excluding carboxylic acids is 2. The second-order valence-corrected chi connectivity index (χ2v) is 22.5. The first-order chi connectivity index (χ1) is 58.3. The zero-order valence-corrected chi connectivity index (χ0v) is 53.5. The lowest BCUT2D eigenvalue weighted by Crippen LogP contribution is -2.42.